The highest BCUT2D eigenvalue weighted by atomic mass is 32.1. The fourth-order valence-corrected chi connectivity index (χ4v) is 2.92. The van der Waals surface area contributed by atoms with Crippen LogP contribution in [-0.4, -0.2) is 28.3 Å². The number of amides is 2. The van der Waals surface area contributed by atoms with Gasteiger partial charge in [0.15, 0.2) is 5.69 Å². The molecule has 0 saturated heterocycles. The van der Waals surface area contributed by atoms with Crippen molar-refractivity contribution in [3.05, 3.63) is 35.0 Å². The number of carbonyl (C=O) groups is 2. The molecule has 0 aromatic carbocycles. The quantitative estimate of drug-likeness (QED) is 0.757. The molecular weight excluding hydrogens is 381 g/mol. The highest BCUT2D eigenvalue weighted by Gasteiger charge is 2.34. The van der Waals surface area contributed by atoms with Gasteiger partial charge in [-0.25, -0.2) is 14.8 Å². The van der Waals surface area contributed by atoms with Crippen LogP contribution in [0.4, 0.5) is 23.8 Å². The molecule has 2 amide bonds. The Balaban J connectivity index is 2.42. The predicted octanol–water partition coefficient (Wildman–Crippen LogP) is 4.36. The van der Waals surface area contributed by atoms with Crippen molar-refractivity contribution in [2.24, 2.45) is 0 Å². The first-order valence-electron chi connectivity index (χ1n) is 7.94. The lowest BCUT2D eigenvalue weighted by molar-refractivity contribution is -0.140. The van der Waals surface area contributed by atoms with Gasteiger partial charge < -0.3 is 5.32 Å². The van der Waals surface area contributed by atoms with E-state index in [4.69, 9.17) is 0 Å². The topological polar surface area (TPSA) is 84.0 Å². The first kappa shape index (κ1) is 20.6. The number of aromatic nitrogens is 2. The normalized spacial score (nSPS) is 11.6. The minimum absolute atomic E-state index is 0.0520. The van der Waals surface area contributed by atoms with E-state index in [2.05, 4.69) is 20.6 Å². The zero-order valence-electron chi connectivity index (χ0n) is 14.6. The van der Waals surface area contributed by atoms with Crippen LogP contribution in [0, 0.1) is 0 Å². The SMILES string of the molecule is CCNC(=O)Nc1cc(-c2nc(C(F)(F)F)cs2)c(/C=C/CC(C)=O)cn1. The lowest BCUT2D eigenvalue weighted by atomic mass is 10.1. The fourth-order valence-electron chi connectivity index (χ4n) is 2.05. The number of carbonyl (C=O) groups excluding carboxylic acids is 2. The number of hydrogen-bond donors (Lipinski definition) is 2. The van der Waals surface area contributed by atoms with E-state index >= 15 is 0 Å². The van der Waals surface area contributed by atoms with Gasteiger partial charge in [-0.3, -0.25) is 10.1 Å². The van der Waals surface area contributed by atoms with E-state index in [-0.39, 0.29) is 23.0 Å². The standard InChI is InChI=1S/C17H17F3N4O2S/c1-3-21-16(26)24-14-7-12(11(8-22-14)6-4-5-10(2)25)15-23-13(9-27-15)17(18,19)20/h4,6-9H,3,5H2,1-2H3,(H2,21,22,24,26)/b6-4+. The number of rotatable bonds is 6. The molecule has 2 N–H and O–H groups in total. The number of ketones is 1. The third kappa shape index (κ3) is 5.88. The Hall–Kier alpha value is -2.75. The average molecular weight is 398 g/mol. The van der Waals surface area contributed by atoms with E-state index in [0.29, 0.717) is 17.7 Å². The molecule has 6 nitrogen and oxygen atoms in total. The van der Waals surface area contributed by atoms with Gasteiger partial charge in [-0.2, -0.15) is 13.2 Å². The van der Waals surface area contributed by atoms with Crippen molar-refractivity contribution in [1.29, 1.82) is 0 Å². The van der Waals surface area contributed by atoms with E-state index in [1.54, 1.807) is 19.1 Å². The van der Waals surface area contributed by atoms with Crippen molar-refractivity contribution in [2.45, 2.75) is 26.4 Å². The molecular formula is C17H17F3N4O2S. The van der Waals surface area contributed by atoms with Gasteiger partial charge >= 0.3 is 12.2 Å². The van der Waals surface area contributed by atoms with Gasteiger partial charge in [-0.15, -0.1) is 11.3 Å². The van der Waals surface area contributed by atoms with E-state index in [0.717, 1.165) is 16.7 Å². The summed E-state index contributed by atoms with van der Waals surface area (Å²) in [7, 11) is 0. The lowest BCUT2D eigenvalue weighted by Crippen LogP contribution is -2.28. The Bertz CT molecular complexity index is 862. The van der Waals surface area contributed by atoms with Crippen molar-refractivity contribution < 1.29 is 22.8 Å². The monoisotopic (exact) mass is 398 g/mol. The Morgan fingerprint density at radius 3 is 2.67 bits per heavy atom. The van der Waals surface area contributed by atoms with Crippen molar-refractivity contribution in [2.75, 3.05) is 11.9 Å². The summed E-state index contributed by atoms with van der Waals surface area (Å²) in [6.45, 7) is 3.58. The number of alkyl halides is 3. The molecule has 2 heterocycles. The van der Waals surface area contributed by atoms with Crippen LogP contribution < -0.4 is 10.6 Å². The highest BCUT2D eigenvalue weighted by Crippen LogP contribution is 2.35. The third-order valence-electron chi connectivity index (χ3n) is 3.24. The molecule has 0 fully saturated rings. The number of nitrogens with zero attached hydrogens (tertiary/aromatic N) is 2. The Morgan fingerprint density at radius 2 is 2.07 bits per heavy atom. The molecule has 10 heteroatoms. The summed E-state index contributed by atoms with van der Waals surface area (Å²) in [6, 6.07) is 0.965. The third-order valence-corrected chi connectivity index (χ3v) is 4.12. The molecule has 0 radical (unpaired) electrons. The van der Waals surface area contributed by atoms with Crippen LogP contribution >= 0.6 is 11.3 Å². The molecule has 0 saturated carbocycles. The fraction of sp³-hybridized carbons (Fsp3) is 0.294. The largest absolute Gasteiger partial charge is 0.434 e. The second kappa shape index (κ2) is 8.76. The molecule has 0 bridgehead atoms. The van der Waals surface area contributed by atoms with Crippen LogP contribution in [0.15, 0.2) is 23.7 Å². The lowest BCUT2D eigenvalue weighted by Gasteiger charge is -2.09. The summed E-state index contributed by atoms with van der Waals surface area (Å²) in [5.74, 6) is 0.118. The summed E-state index contributed by atoms with van der Waals surface area (Å²) in [4.78, 5) is 30.5. The predicted molar refractivity (Wildman–Crippen MR) is 97.4 cm³/mol. The minimum atomic E-state index is -4.55. The van der Waals surface area contributed by atoms with Crippen molar-refractivity contribution in [1.82, 2.24) is 15.3 Å². The number of pyridine rings is 1. The van der Waals surface area contributed by atoms with Gasteiger partial charge in [-0.05, 0) is 19.9 Å². The highest BCUT2D eigenvalue weighted by molar-refractivity contribution is 7.13. The van der Waals surface area contributed by atoms with E-state index in [1.807, 2.05) is 0 Å². The van der Waals surface area contributed by atoms with Gasteiger partial charge in [0, 0.05) is 35.7 Å². The van der Waals surface area contributed by atoms with Gasteiger partial charge in [0.05, 0.1) is 0 Å². The first-order chi connectivity index (χ1) is 12.7. The maximum atomic E-state index is 12.9. The number of allylic oxidation sites excluding steroid dienone is 1. The number of anilines is 1. The number of Topliss-reactive ketones (excluding diaryl/α,β-unsaturated/α-hetero) is 1. The van der Waals surface area contributed by atoms with Crippen LogP contribution in [0.2, 0.25) is 0 Å². The molecule has 0 spiro atoms. The second-order valence-corrected chi connectivity index (χ2v) is 6.34. The van der Waals surface area contributed by atoms with Gasteiger partial charge in [0.25, 0.3) is 0 Å². The Labute approximate surface area is 157 Å². The van der Waals surface area contributed by atoms with Crippen molar-refractivity contribution in [3.8, 4) is 10.6 Å². The maximum absolute atomic E-state index is 12.9. The van der Waals surface area contributed by atoms with Crippen LogP contribution in [0.25, 0.3) is 16.6 Å². The number of hydrogen-bond acceptors (Lipinski definition) is 5. The van der Waals surface area contributed by atoms with E-state index in [1.165, 1.54) is 19.2 Å². The Kier molecular flexibility index (Phi) is 6.67. The summed E-state index contributed by atoms with van der Waals surface area (Å²) in [5.41, 5.74) is -0.130. The molecule has 0 aliphatic heterocycles. The first-order valence-corrected chi connectivity index (χ1v) is 8.82. The molecule has 0 atom stereocenters. The molecule has 0 aliphatic rings. The molecule has 0 aliphatic carbocycles. The summed E-state index contributed by atoms with van der Waals surface area (Å²) < 4.78 is 38.6. The smallest absolute Gasteiger partial charge is 0.338 e. The van der Waals surface area contributed by atoms with Crippen LogP contribution in [-0.2, 0) is 11.0 Å². The van der Waals surface area contributed by atoms with Gasteiger partial charge in [-0.1, -0.05) is 12.2 Å². The molecule has 0 unspecified atom stereocenters. The average Bonchev–Trinajstić information content (AvgIpc) is 3.06. The summed E-state index contributed by atoms with van der Waals surface area (Å²) in [6.07, 6.45) is 0.229. The molecule has 144 valence electrons. The summed E-state index contributed by atoms with van der Waals surface area (Å²) >= 11 is 0.833. The number of nitrogens with one attached hydrogen (secondary N) is 2. The van der Waals surface area contributed by atoms with Crippen molar-refractivity contribution in [3.63, 3.8) is 0 Å². The van der Waals surface area contributed by atoms with Gasteiger partial charge in [0.1, 0.15) is 16.6 Å². The van der Waals surface area contributed by atoms with Crippen LogP contribution in [0.1, 0.15) is 31.5 Å². The zero-order chi connectivity index (χ0) is 20.0. The maximum Gasteiger partial charge on any atom is 0.434 e. The van der Waals surface area contributed by atoms with Crippen LogP contribution in [0.3, 0.4) is 0 Å². The number of thiazole rings is 1. The molecule has 2 aromatic rings. The molecule has 2 rings (SSSR count). The summed E-state index contributed by atoms with van der Waals surface area (Å²) in [5, 5.41) is 6.10. The molecule has 27 heavy (non-hydrogen) atoms. The zero-order valence-corrected chi connectivity index (χ0v) is 15.4. The molecule has 2 aromatic heterocycles. The minimum Gasteiger partial charge on any atom is -0.338 e. The van der Waals surface area contributed by atoms with E-state index < -0.39 is 17.9 Å². The van der Waals surface area contributed by atoms with Crippen molar-refractivity contribution >= 4 is 35.0 Å². The number of halogens is 3. The second-order valence-electron chi connectivity index (χ2n) is 5.49. The number of urea groups is 1. The van der Waals surface area contributed by atoms with E-state index in [9.17, 15) is 22.8 Å². The van der Waals surface area contributed by atoms with Gasteiger partial charge in [0.2, 0.25) is 0 Å². The van der Waals surface area contributed by atoms with Crippen LogP contribution in [0.5, 0.6) is 0 Å². The Morgan fingerprint density at radius 1 is 1.33 bits per heavy atom.